The predicted octanol–water partition coefficient (Wildman–Crippen LogP) is 1.13. The van der Waals surface area contributed by atoms with Crippen LogP contribution in [0.4, 0.5) is 0 Å². The molecule has 0 heterocycles. The number of aromatic carboxylic acids is 1. The lowest BCUT2D eigenvalue weighted by atomic mass is 10.1. The fraction of sp³-hybridized carbons (Fsp3) is 0.353. The second-order valence-corrected chi connectivity index (χ2v) is 4.62. The molecule has 20 heavy (non-hydrogen) atoms. The van der Waals surface area contributed by atoms with Crippen LogP contribution < -0.4 is 10.0 Å². The first-order chi connectivity index (χ1) is 9.63. The van der Waals surface area contributed by atoms with Crippen molar-refractivity contribution in [3.8, 4) is 0 Å². The summed E-state index contributed by atoms with van der Waals surface area (Å²) in [6, 6.07) is 12.5. The van der Waals surface area contributed by atoms with Crippen molar-refractivity contribution in [3.63, 3.8) is 0 Å². The Kier molecular flexibility index (Phi) is 6.74. The summed E-state index contributed by atoms with van der Waals surface area (Å²) in [5, 5.41) is 12.4. The molecular weight excluding hydrogens is 250 g/mol. The summed E-state index contributed by atoms with van der Waals surface area (Å²) in [4.78, 5) is 12.4. The predicted molar refractivity (Wildman–Crippen MR) is 80.9 cm³/mol. The van der Waals surface area contributed by atoms with Crippen LogP contribution in [0.15, 0.2) is 42.5 Å². The van der Waals surface area contributed by atoms with Gasteiger partial charge in [0.25, 0.3) is 0 Å². The smallest absolute Gasteiger partial charge is 0.0742 e. The summed E-state index contributed by atoms with van der Waals surface area (Å²) in [7, 11) is 0. The maximum absolute atomic E-state index is 10.7. The molecule has 2 rings (SSSR count). The molecule has 0 bridgehead atoms. The van der Waals surface area contributed by atoms with Crippen LogP contribution in [-0.4, -0.2) is 25.6 Å². The van der Waals surface area contributed by atoms with Crippen molar-refractivity contribution in [1.82, 2.24) is 0 Å². The van der Waals surface area contributed by atoms with Crippen molar-refractivity contribution < 1.29 is 14.8 Å². The van der Waals surface area contributed by atoms with E-state index >= 15 is 0 Å². The zero-order valence-corrected chi connectivity index (χ0v) is 12.5. The van der Waals surface area contributed by atoms with Gasteiger partial charge in [-0.05, 0) is 31.5 Å². The van der Waals surface area contributed by atoms with Crippen molar-refractivity contribution in [2.75, 3.05) is 19.6 Å². The molecule has 3 heteroatoms. The standard InChI is InChI=1S/C11H8O2.C6H15N/c12-11(13)10-7-3-5-8-4-1-2-6-9(8)10;1-4-7(5-2)6-3/h1-7H,(H,12,13);4-6H2,1-3H3. The van der Waals surface area contributed by atoms with Gasteiger partial charge in [0.05, 0.1) is 25.6 Å². The van der Waals surface area contributed by atoms with E-state index in [0.717, 1.165) is 10.8 Å². The normalized spacial score (nSPS) is 10.2. The van der Waals surface area contributed by atoms with E-state index in [9.17, 15) is 9.90 Å². The molecule has 0 amide bonds. The number of carbonyl (C=O) groups is 1. The number of rotatable bonds is 4. The van der Waals surface area contributed by atoms with E-state index in [1.165, 1.54) is 19.6 Å². The van der Waals surface area contributed by atoms with Crippen molar-refractivity contribution >= 4 is 16.7 Å². The molecule has 0 spiro atoms. The minimum Gasteiger partial charge on any atom is -0.545 e. The zero-order chi connectivity index (χ0) is 15.0. The fourth-order valence-corrected chi connectivity index (χ4v) is 2.15. The van der Waals surface area contributed by atoms with Crippen LogP contribution in [-0.2, 0) is 0 Å². The van der Waals surface area contributed by atoms with Gasteiger partial charge in [-0.3, -0.25) is 0 Å². The Labute approximate surface area is 120 Å². The highest BCUT2D eigenvalue weighted by molar-refractivity contribution is 6.02. The minimum atomic E-state index is -1.13. The van der Waals surface area contributed by atoms with E-state index < -0.39 is 5.97 Å². The van der Waals surface area contributed by atoms with Gasteiger partial charge in [0.1, 0.15) is 0 Å². The molecule has 0 aromatic heterocycles. The van der Waals surface area contributed by atoms with Gasteiger partial charge in [-0.2, -0.15) is 0 Å². The highest BCUT2D eigenvalue weighted by Crippen LogP contribution is 2.17. The molecule has 1 N–H and O–H groups in total. The quantitative estimate of drug-likeness (QED) is 0.908. The highest BCUT2D eigenvalue weighted by Gasteiger charge is 1.99. The average molecular weight is 273 g/mol. The molecule has 2 aromatic carbocycles. The van der Waals surface area contributed by atoms with E-state index in [0.29, 0.717) is 0 Å². The zero-order valence-electron chi connectivity index (χ0n) is 12.5. The van der Waals surface area contributed by atoms with Gasteiger partial charge in [-0.15, -0.1) is 0 Å². The molecule has 3 nitrogen and oxygen atoms in total. The van der Waals surface area contributed by atoms with Crippen molar-refractivity contribution in [2.24, 2.45) is 0 Å². The second kappa shape index (κ2) is 8.33. The molecule has 0 aliphatic heterocycles. The van der Waals surface area contributed by atoms with Crippen LogP contribution in [0.25, 0.3) is 10.8 Å². The van der Waals surface area contributed by atoms with Gasteiger partial charge < -0.3 is 14.8 Å². The number of carbonyl (C=O) groups excluding carboxylic acids is 1. The molecule has 0 unspecified atom stereocenters. The van der Waals surface area contributed by atoms with E-state index in [2.05, 4.69) is 20.8 Å². The number of carboxylic acids is 1. The molecule has 0 aliphatic rings. The summed E-state index contributed by atoms with van der Waals surface area (Å²) in [6.07, 6.45) is 0. The van der Waals surface area contributed by atoms with Crippen LogP contribution in [0.2, 0.25) is 0 Å². The first-order valence-corrected chi connectivity index (χ1v) is 7.16. The highest BCUT2D eigenvalue weighted by atomic mass is 16.4. The SMILES string of the molecule is CC[NH+](CC)CC.O=C([O-])c1cccc2ccccc12. The van der Waals surface area contributed by atoms with Crippen molar-refractivity contribution in [2.45, 2.75) is 20.8 Å². The third-order valence-corrected chi connectivity index (χ3v) is 3.51. The Morgan fingerprint density at radius 3 is 2.00 bits per heavy atom. The van der Waals surface area contributed by atoms with Gasteiger partial charge in [0.2, 0.25) is 0 Å². The van der Waals surface area contributed by atoms with E-state index in [4.69, 9.17) is 0 Å². The van der Waals surface area contributed by atoms with Gasteiger partial charge >= 0.3 is 0 Å². The summed E-state index contributed by atoms with van der Waals surface area (Å²) < 4.78 is 0. The Morgan fingerprint density at radius 1 is 0.950 bits per heavy atom. The molecule has 108 valence electrons. The Hall–Kier alpha value is -1.87. The summed E-state index contributed by atoms with van der Waals surface area (Å²) in [5.74, 6) is -1.13. The van der Waals surface area contributed by atoms with Crippen LogP contribution in [0.3, 0.4) is 0 Å². The van der Waals surface area contributed by atoms with Crippen LogP contribution >= 0.6 is 0 Å². The van der Waals surface area contributed by atoms with E-state index in [1.54, 1.807) is 23.1 Å². The first kappa shape index (κ1) is 16.2. The lowest BCUT2D eigenvalue weighted by molar-refractivity contribution is -0.894. The van der Waals surface area contributed by atoms with E-state index in [-0.39, 0.29) is 5.56 Å². The molecule has 2 aromatic rings. The molecule has 0 saturated carbocycles. The van der Waals surface area contributed by atoms with Crippen LogP contribution in [0.5, 0.6) is 0 Å². The molecule has 0 atom stereocenters. The Morgan fingerprint density at radius 2 is 1.50 bits per heavy atom. The fourth-order valence-electron chi connectivity index (χ4n) is 2.15. The molecule has 0 radical (unpaired) electrons. The minimum absolute atomic E-state index is 0.248. The molecule has 0 fully saturated rings. The number of hydrogen-bond donors (Lipinski definition) is 1. The number of benzene rings is 2. The Bertz CT molecular complexity index is 537. The van der Waals surface area contributed by atoms with Crippen LogP contribution in [0.1, 0.15) is 31.1 Å². The number of nitrogens with one attached hydrogen (secondary N) is 1. The Balaban J connectivity index is 0.000000246. The number of quaternary nitrogens is 1. The monoisotopic (exact) mass is 273 g/mol. The van der Waals surface area contributed by atoms with Gasteiger partial charge in [-0.1, -0.05) is 42.5 Å². The van der Waals surface area contributed by atoms with Crippen molar-refractivity contribution in [1.29, 1.82) is 0 Å². The summed E-state index contributed by atoms with van der Waals surface area (Å²) in [6.45, 7) is 10.5. The summed E-state index contributed by atoms with van der Waals surface area (Å²) in [5.41, 5.74) is 0.248. The third kappa shape index (κ3) is 4.35. The van der Waals surface area contributed by atoms with Crippen LogP contribution in [0, 0.1) is 0 Å². The van der Waals surface area contributed by atoms with Gasteiger partial charge in [0, 0.05) is 5.56 Å². The van der Waals surface area contributed by atoms with E-state index in [1.807, 2.05) is 24.3 Å². The van der Waals surface area contributed by atoms with Crippen molar-refractivity contribution in [3.05, 3.63) is 48.0 Å². The largest absolute Gasteiger partial charge is 0.545 e. The number of carboxylic acid groups (broad SMARTS) is 1. The third-order valence-electron chi connectivity index (χ3n) is 3.51. The maximum Gasteiger partial charge on any atom is 0.0742 e. The molecule has 0 saturated heterocycles. The molecular formula is C17H23NO2. The topological polar surface area (TPSA) is 44.6 Å². The summed E-state index contributed by atoms with van der Waals surface area (Å²) >= 11 is 0. The number of fused-ring (bicyclic) bond motifs is 1. The lowest BCUT2D eigenvalue weighted by Gasteiger charge is -2.10. The van der Waals surface area contributed by atoms with Gasteiger partial charge in [-0.25, -0.2) is 0 Å². The second-order valence-electron chi connectivity index (χ2n) is 4.62. The molecule has 0 aliphatic carbocycles. The first-order valence-electron chi connectivity index (χ1n) is 7.16. The maximum atomic E-state index is 10.7. The number of hydrogen-bond acceptors (Lipinski definition) is 2. The average Bonchev–Trinajstić information content (AvgIpc) is 2.49. The lowest BCUT2D eigenvalue weighted by Crippen LogP contribution is -3.11. The van der Waals surface area contributed by atoms with Gasteiger partial charge in [0.15, 0.2) is 0 Å².